The fraction of sp³-hybridized carbons (Fsp3) is 0.667. The normalized spacial score (nSPS) is 18.2. The summed E-state index contributed by atoms with van der Waals surface area (Å²) in [6.07, 6.45) is 1.85. The second kappa shape index (κ2) is 5.31. The molecule has 1 N–H and O–H groups in total. The van der Waals surface area contributed by atoms with Crippen LogP contribution in [0.3, 0.4) is 0 Å². The molecule has 17 heavy (non-hydrogen) atoms. The molecule has 0 aromatic carbocycles. The summed E-state index contributed by atoms with van der Waals surface area (Å²) < 4.78 is 4.91. The quantitative estimate of drug-likeness (QED) is 0.868. The van der Waals surface area contributed by atoms with E-state index in [0.29, 0.717) is 11.6 Å². The zero-order chi connectivity index (χ0) is 12.3. The van der Waals surface area contributed by atoms with Gasteiger partial charge in [0.05, 0.1) is 0 Å². The molecule has 1 amide bonds. The monoisotopic (exact) mass is 237 g/mol. The van der Waals surface area contributed by atoms with Crippen molar-refractivity contribution in [2.45, 2.75) is 26.7 Å². The van der Waals surface area contributed by atoms with Crippen LogP contribution in [0.25, 0.3) is 0 Å². The first kappa shape index (κ1) is 12.1. The predicted octanol–water partition coefficient (Wildman–Crippen LogP) is 1.65. The van der Waals surface area contributed by atoms with E-state index in [1.165, 1.54) is 0 Å². The molecule has 2 heterocycles. The third-order valence-electron chi connectivity index (χ3n) is 3.28. The summed E-state index contributed by atoms with van der Waals surface area (Å²) in [7, 11) is 0. The molecule has 2 rings (SSSR count). The van der Waals surface area contributed by atoms with Crippen LogP contribution in [0.15, 0.2) is 10.6 Å². The average Bonchev–Trinajstić information content (AvgIpc) is 2.75. The molecular formula is C12H19N3O2. The summed E-state index contributed by atoms with van der Waals surface area (Å²) in [5, 5.41) is 6.57. The first-order valence-electron chi connectivity index (χ1n) is 6.15. The van der Waals surface area contributed by atoms with E-state index < -0.39 is 0 Å². The third-order valence-corrected chi connectivity index (χ3v) is 3.28. The highest BCUT2D eigenvalue weighted by atomic mass is 16.5. The van der Waals surface area contributed by atoms with Gasteiger partial charge in [-0.1, -0.05) is 12.1 Å². The number of aryl methyl sites for hydroxylation is 1. The van der Waals surface area contributed by atoms with E-state index in [0.717, 1.165) is 32.5 Å². The van der Waals surface area contributed by atoms with E-state index >= 15 is 0 Å². The summed E-state index contributed by atoms with van der Waals surface area (Å²) in [5.74, 6) is 1.40. The van der Waals surface area contributed by atoms with Crippen LogP contribution in [0.2, 0.25) is 0 Å². The van der Waals surface area contributed by atoms with E-state index in [9.17, 15) is 4.79 Å². The number of likely N-dealkylation sites (tertiary alicyclic amines) is 1. The van der Waals surface area contributed by atoms with Gasteiger partial charge in [-0.15, -0.1) is 0 Å². The standard InChI is InChI=1S/C12H19N3O2/c1-3-15-6-4-10(5-7-15)12(16)13-11-8-9(2)17-14-11/h8,10H,3-7H2,1-2H3,(H,13,14,16). The molecule has 1 aromatic heterocycles. The Kier molecular flexibility index (Phi) is 3.78. The van der Waals surface area contributed by atoms with Gasteiger partial charge in [-0.05, 0) is 39.4 Å². The zero-order valence-corrected chi connectivity index (χ0v) is 10.4. The van der Waals surface area contributed by atoms with Gasteiger partial charge < -0.3 is 14.7 Å². The number of hydrogen-bond acceptors (Lipinski definition) is 4. The van der Waals surface area contributed by atoms with Crippen molar-refractivity contribution in [3.05, 3.63) is 11.8 Å². The molecule has 94 valence electrons. The van der Waals surface area contributed by atoms with Crippen molar-refractivity contribution in [3.8, 4) is 0 Å². The van der Waals surface area contributed by atoms with Crippen LogP contribution in [0.4, 0.5) is 5.82 Å². The largest absolute Gasteiger partial charge is 0.360 e. The smallest absolute Gasteiger partial charge is 0.228 e. The lowest BCUT2D eigenvalue weighted by molar-refractivity contribution is -0.121. The SMILES string of the molecule is CCN1CCC(C(=O)Nc2cc(C)on2)CC1. The molecule has 0 aliphatic carbocycles. The maximum atomic E-state index is 12.0. The van der Waals surface area contributed by atoms with Crippen LogP contribution in [0.5, 0.6) is 0 Å². The number of hydrogen-bond donors (Lipinski definition) is 1. The second-order valence-electron chi connectivity index (χ2n) is 4.52. The Bertz CT molecular complexity index is 381. The van der Waals surface area contributed by atoms with Crippen LogP contribution < -0.4 is 5.32 Å². The number of carbonyl (C=O) groups excluding carboxylic acids is 1. The molecule has 0 atom stereocenters. The lowest BCUT2D eigenvalue weighted by Gasteiger charge is -2.29. The number of piperidine rings is 1. The van der Waals surface area contributed by atoms with Crippen molar-refractivity contribution in [2.24, 2.45) is 5.92 Å². The molecule has 0 saturated carbocycles. The Hall–Kier alpha value is -1.36. The second-order valence-corrected chi connectivity index (χ2v) is 4.52. The van der Waals surface area contributed by atoms with Gasteiger partial charge in [0.25, 0.3) is 0 Å². The van der Waals surface area contributed by atoms with Crippen LogP contribution >= 0.6 is 0 Å². The van der Waals surface area contributed by atoms with Crippen molar-refractivity contribution in [1.82, 2.24) is 10.1 Å². The predicted molar refractivity (Wildman–Crippen MR) is 64.7 cm³/mol. The fourth-order valence-corrected chi connectivity index (χ4v) is 2.16. The Morgan fingerprint density at radius 2 is 2.29 bits per heavy atom. The molecule has 1 saturated heterocycles. The Balaban J connectivity index is 1.85. The topological polar surface area (TPSA) is 58.4 Å². The van der Waals surface area contributed by atoms with Gasteiger partial charge in [0.15, 0.2) is 5.82 Å². The molecule has 0 unspecified atom stereocenters. The van der Waals surface area contributed by atoms with Gasteiger partial charge >= 0.3 is 0 Å². The fourth-order valence-electron chi connectivity index (χ4n) is 2.16. The summed E-state index contributed by atoms with van der Waals surface area (Å²) in [5.41, 5.74) is 0. The van der Waals surface area contributed by atoms with Gasteiger partial charge in [-0.3, -0.25) is 4.79 Å². The Labute approximate surface area is 101 Å². The first-order chi connectivity index (χ1) is 8.19. The lowest BCUT2D eigenvalue weighted by Crippen LogP contribution is -2.37. The Morgan fingerprint density at radius 1 is 1.59 bits per heavy atom. The van der Waals surface area contributed by atoms with Crippen molar-refractivity contribution in [3.63, 3.8) is 0 Å². The maximum absolute atomic E-state index is 12.0. The van der Waals surface area contributed by atoms with Gasteiger partial charge in [0.1, 0.15) is 5.76 Å². The van der Waals surface area contributed by atoms with Gasteiger partial charge in [0, 0.05) is 12.0 Å². The number of nitrogens with one attached hydrogen (secondary N) is 1. The van der Waals surface area contributed by atoms with Crippen molar-refractivity contribution in [1.29, 1.82) is 0 Å². The first-order valence-corrected chi connectivity index (χ1v) is 6.15. The minimum Gasteiger partial charge on any atom is -0.360 e. The average molecular weight is 237 g/mol. The summed E-state index contributed by atoms with van der Waals surface area (Å²) >= 11 is 0. The number of nitrogens with zero attached hydrogens (tertiary/aromatic N) is 2. The molecular weight excluding hydrogens is 218 g/mol. The van der Waals surface area contributed by atoms with E-state index in [1.54, 1.807) is 6.07 Å². The molecule has 0 radical (unpaired) electrons. The van der Waals surface area contributed by atoms with Gasteiger partial charge in [0.2, 0.25) is 5.91 Å². The summed E-state index contributed by atoms with van der Waals surface area (Å²) in [6, 6.07) is 1.74. The Morgan fingerprint density at radius 3 is 2.82 bits per heavy atom. The minimum atomic E-state index is 0.0639. The van der Waals surface area contributed by atoms with Crippen LogP contribution in [-0.2, 0) is 4.79 Å². The number of anilines is 1. The van der Waals surface area contributed by atoms with Crippen LogP contribution in [-0.4, -0.2) is 35.6 Å². The minimum absolute atomic E-state index is 0.0639. The van der Waals surface area contributed by atoms with Crippen molar-refractivity contribution < 1.29 is 9.32 Å². The third kappa shape index (κ3) is 3.06. The molecule has 1 fully saturated rings. The maximum Gasteiger partial charge on any atom is 0.228 e. The number of aromatic nitrogens is 1. The van der Waals surface area contributed by atoms with Gasteiger partial charge in [-0.2, -0.15) is 0 Å². The zero-order valence-electron chi connectivity index (χ0n) is 10.4. The molecule has 5 heteroatoms. The van der Waals surface area contributed by atoms with E-state index in [-0.39, 0.29) is 11.8 Å². The molecule has 1 aromatic rings. The van der Waals surface area contributed by atoms with Crippen LogP contribution in [0, 0.1) is 12.8 Å². The summed E-state index contributed by atoms with van der Waals surface area (Å²) in [4.78, 5) is 14.3. The van der Waals surface area contributed by atoms with E-state index in [1.807, 2.05) is 6.92 Å². The highest BCUT2D eigenvalue weighted by Crippen LogP contribution is 2.19. The molecule has 0 spiro atoms. The number of rotatable bonds is 3. The molecule has 5 nitrogen and oxygen atoms in total. The van der Waals surface area contributed by atoms with E-state index in [4.69, 9.17) is 4.52 Å². The highest BCUT2D eigenvalue weighted by Gasteiger charge is 2.24. The van der Waals surface area contributed by atoms with E-state index in [2.05, 4.69) is 22.3 Å². The molecule has 1 aliphatic rings. The lowest BCUT2D eigenvalue weighted by atomic mass is 9.96. The molecule has 0 bridgehead atoms. The van der Waals surface area contributed by atoms with Crippen molar-refractivity contribution >= 4 is 11.7 Å². The van der Waals surface area contributed by atoms with Gasteiger partial charge in [-0.25, -0.2) is 0 Å². The number of carbonyl (C=O) groups is 1. The van der Waals surface area contributed by atoms with Crippen molar-refractivity contribution in [2.75, 3.05) is 25.0 Å². The van der Waals surface area contributed by atoms with Crippen LogP contribution in [0.1, 0.15) is 25.5 Å². The number of amides is 1. The molecule has 1 aliphatic heterocycles. The highest BCUT2D eigenvalue weighted by molar-refractivity contribution is 5.91. The summed E-state index contributed by atoms with van der Waals surface area (Å²) in [6.45, 7) is 7.04.